The zero-order valence-electron chi connectivity index (χ0n) is 11.7. The van der Waals surface area contributed by atoms with Crippen molar-refractivity contribution in [1.82, 2.24) is 9.97 Å². The van der Waals surface area contributed by atoms with Crippen molar-refractivity contribution in [3.05, 3.63) is 41.2 Å². The molecule has 2 rings (SSSR count). The van der Waals surface area contributed by atoms with Crippen molar-refractivity contribution in [2.24, 2.45) is 0 Å². The van der Waals surface area contributed by atoms with Crippen LogP contribution in [0.4, 0.5) is 14.7 Å². The third-order valence-corrected chi connectivity index (χ3v) is 2.74. The molecule has 0 aliphatic rings. The summed E-state index contributed by atoms with van der Waals surface area (Å²) in [6.07, 6.45) is -1.05. The van der Waals surface area contributed by atoms with Crippen molar-refractivity contribution in [1.29, 1.82) is 10.5 Å². The summed E-state index contributed by atoms with van der Waals surface area (Å²) in [5, 5.41) is 19.9. The standard InChI is InChI=1S/C14H9F2N5O2/c1-7(23-8-2-3-9(15)10(16)4-8)13(22)21-14-19-11(5-17)12(6-18)20-14/h2-4,7H,1H3,(H2,19,20,21,22)/t7-/m0/s1. The predicted octanol–water partition coefficient (Wildman–Crippen LogP) is 1.84. The largest absolute Gasteiger partial charge is 0.481 e. The van der Waals surface area contributed by atoms with Gasteiger partial charge in [0.15, 0.2) is 29.1 Å². The maximum absolute atomic E-state index is 13.1. The first-order chi connectivity index (χ1) is 10.9. The van der Waals surface area contributed by atoms with Gasteiger partial charge in [-0.3, -0.25) is 10.1 Å². The highest BCUT2D eigenvalue weighted by Gasteiger charge is 2.18. The Bertz CT molecular complexity index is 803. The molecule has 7 nitrogen and oxygen atoms in total. The molecule has 1 amide bonds. The van der Waals surface area contributed by atoms with Crippen LogP contribution in [0.1, 0.15) is 18.3 Å². The number of imidazole rings is 1. The number of carbonyl (C=O) groups is 1. The summed E-state index contributed by atoms with van der Waals surface area (Å²) >= 11 is 0. The smallest absolute Gasteiger partial charge is 0.267 e. The molecule has 1 aromatic carbocycles. The van der Waals surface area contributed by atoms with Crippen molar-refractivity contribution in [2.75, 3.05) is 5.32 Å². The molecule has 0 saturated carbocycles. The summed E-state index contributed by atoms with van der Waals surface area (Å²) in [4.78, 5) is 18.1. The minimum absolute atomic E-state index is 0.0265. The quantitative estimate of drug-likeness (QED) is 0.893. The predicted molar refractivity (Wildman–Crippen MR) is 73.1 cm³/mol. The molecule has 1 heterocycles. The zero-order chi connectivity index (χ0) is 17.0. The van der Waals surface area contributed by atoms with Gasteiger partial charge in [0, 0.05) is 6.07 Å². The van der Waals surface area contributed by atoms with Gasteiger partial charge < -0.3 is 9.72 Å². The number of amides is 1. The highest BCUT2D eigenvalue weighted by molar-refractivity contribution is 5.92. The summed E-state index contributed by atoms with van der Waals surface area (Å²) < 4.78 is 31.1. The number of carbonyl (C=O) groups excluding carboxylic acids is 1. The molecular formula is C14H9F2N5O2. The fraction of sp³-hybridized carbons (Fsp3) is 0.143. The number of nitriles is 2. The van der Waals surface area contributed by atoms with Crippen LogP contribution in [0.15, 0.2) is 18.2 Å². The Morgan fingerprint density at radius 3 is 2.65 bits per heavy atom. The Morgan fingerprint density at radius 1 is 1.35 bits per heavy atom. The van der Waals surface area contributed by atoms with Gasteiger partial charge in [0.1, 0.15) is 17.9 Å². The first kappa shape index (κ1) is 15.9. The Hall–Kier alpha value is -3.46. The monoisotopic (exact) mass is 317 g/mol. The molecular weight excluding hydrogens is 308 g/mol. The van der Waals surface area contributed by atoms with Crippen LogP contribution < -0.4 is 10.1 Å². The van der Waals surface area contributed by atoms with E-state index in [0.717, 1.165) is 12.1 Å². The first-order valence-corrected chi connectivity index (χ1v) is 6.27. The maximum atomic E-state index is 13.1. The van der Waals surface area contributed by atoms with Crippen LogP contribution in [0.25, 0.3) is 0 Å². The molecule has 2 aromatic rings. The van der Waals surface area contributed by atoms with E-state index in [4.69, 9.17) is 15.3 Å². The minimum atomic E-state index is -1.10. The van der Waals surface area contributed by atoms with E-state index in [9.17, 15) is 13.6 Å². The van der Waals surface area contributed by atoms with Gasteiger partial charge in [-0.15, -0.1) is 0 Å². The molecule has 0 aliphatic carbocycles. The second-order valence-corrected chi connectivity index (χ2v) is 4.36. The Balaban J connectivity index is 2.05. The molecule has 2 N–H and O–H groups in total. The van der Waals surface area contributed by atoms with Crippen LogP contribution >= 0.6 is 0 Å². The SMILES string of the molecule is C[C@H](Oc1ccc(F)c(F)c1)C(=O)Nc1nc(C#N)c(C#N)[nH]1. The maximum Gasteiger partial charge on any atom is 0.267 e. The highest BCUT2D eigenvalue weighted by atomic mass is 19.2. The molecule has 9 heteroatoms. The number of nitrogens with one attached hydrogen (secondary N) is 2. The lowest BCUT2D eigenvalue weighted by Gasteiger charge is -2.13. The second kappa shape index (κ2) is 6.54. The van der Waals surface area contributed by atoms with Gasteiger partial charge in [-0.25, -0.2) is 13.8 Å². The van der Waals surface area contributed by atoms with Gasteiger partial charge in [-0.05, 0) is 19.1 Å². The van der Waals surface area contributed by atoms with Crippen molar-refractivity contribution in [3.63, 3.8) is 0 Å². The van der Waals surface area contributed by atoms with Crippen LogP contribution in [-0.2, 0) is 4.79 Å². The summed E-state index contributed by atoms with van der Waals surface area (Å²) in [7, 11) is 0. The Labute approximate surface area is 129 Å². The zero-order valence-corrected chi connectivity index (χ0v) is 11.7. The fourth-order valence-corrected chi connectivity index (χ4v) is 1.62. The average Bonchev–Trinajstić information content (AvgIpc) is 2.92. The van der Waals surface area contributed by atoms with Gasteiger partial charge in [-0.1, -0.05) is 0 Å². The molecule has 116 valence electrons. The number of halogens is 2. The minimum Gasteiger partial charge on any atom is -0.481 e. The lowest BCUT2D eigenvalue weighted by atomic mass is 10.3. The Kier molecular flexibility index (Phi) is 4.52. The topological polar surface area (TPSA) is 115 Å². The Morgan fingerprint density at radius 2 is 2.09 bits per heavy atom. The van der Waals surface area contributed by atoms with Crippen LogP contribution in [0.3, 0.4) is 0 Å². The molecule has 0 radical (unpaired) electrons. The van der Waals surface area contributed by atoms with E-state index in [1.807, 2.05) is 0 Å². The summed E-state index contributed by atoms with van der Waals surface area (Å²) in [6, 6.07) is 6.28. The molecule has 0 unspecified atom stereocenters. The second-order valence-electron chi connectivity index (χ2n) is 4.36. The molecule has 0 bridgehead atoms. The van der Waals surface area contributed by atoms with Crippen LogP contribution in [0, 0.1) is 34.3 Å². The molecule has 23 heavy (non-hydrogen) atoms. The number of ether oxygens (including phenoxy) is 1. The highest BCUT2D eigenvalue weighted by Crippen LogP contribution is 2.17. The average molecular weight is 317 g/mol. The van der Waals surface area contributed by atoms with Crippen LogP contribution in [0.2, 0.25) is 0 Å². The lowest BCUT2D eigenvalue weighted by molar-refractivity contribution is -0.122. The van der Waals surface area contributed by atoms with Crippen LogP contribution in [0.5, 0.6) is 5.75 Å². The third-order valence-electron chi connectivity index (χ3n) is 2.74. The number of benzene rings is 1. The van der Waals surface area contributed by atoms with Crippen molar-refractivity contribution >= 4 is 11.9 Å². The van der Waals surface area contributed by atoms with E-state index in [1.54, 1.807) is 12.1 Å². The van der Waals surface area contributed by atoms with E-state index in [-0.39, 0.29) is 23.1 Å². The van der Waals surface area contributed by atoms with Gasteiger partial charge in [-0.2, -0.15) is 10.5 Å². The number of aromatic nitrogens is 2. The van der Waals surface area contributed by atoms with E-state index < -0.39 is 23.6 Å². The number of hydrogen-bond acceptors (Lipinski definition) is 5. The van der Waals surface area contributed by atoms with Gasteiger partial charge in [0.2, 0.25) is 5.95 Å². The van der Waals surface area contributed by atoms with Crippen molar-refractivity contribution < 1.29 is 18.3 Å². The number of hydrogen-bond donors (Lipinski definition) is 2. The molecule has 0 fully saturated rings. The van der Waals surface area contributed by atoms with E-state index in [1.165, 1.54) is 13.0 Å². The molecule has 0 aliphatic heterocycles. The van der Waals surface area contributed by atoms with Crippen LogP contribution in [-0.4, -0.2) is 22.0 Å². The fourth-order valence-electron chi connectivity index (χ4n) is 1.62. The van der Waals surface area contributed by atoms with Crippen molar-refractivity contribution in [2.45, 2.75) is 13.0 Å². The summed E-state index contributed by atoms with van der Waals surface area (Å²) in [5.74, 6) is -2.90. The van der Waals surface area contributed by atoms with Gasteiger partial charge >= 0.3 is 0 Å². The number of rotatable bonds is 4. The third kappa shape index (κ3) is 3.60. The lowest BCUT2D eigenvalue weighted by Crippen LogP contribution is -2.30. The number of nitrogens with zero attached hydrogens (tertiary/aromatic N) is 3. The molecule has 0 spiro atoms. The number of aromatic amines is 1. The van der Waals surface area contributed by atoms with Gasteiger partial charge in [0.05, 0.1) is 0 Å². The summed E-state index contributed by atoms with van der Waals surface area (Å²) in [6.45, 7) is 1.38. The van der Waals surface area contributed by atoms with E-state index >= 15 is 0 Å². The summed E-state index contributed by atoms with van der Waals surface area (Å²) in [5.41, 5.74) is -0.242. The van der Waals surface area contributed by atoms with E-state index in [0.29, 0.717) is 0 Å². The molecule has 1 atom stereocenters. The first-order valence-electron chi connectivity index (χ1n) is 6.27. The van der Waals surface area contributed by atoms with E-state index in [2.05, 4.69) is 15.3 Å². The normalized spacial score (nSPS) is 11.2. The number of anilines is 1. The number of H-pyrrole nitrogens is 1. The van der Waals surface area contributed by atoms with Crippen molar-refractivity contribution in [3.8, 4) is 17.9 Å². The molecule has 0 saturated heterocycles. The molecule has 1 aromatic heterocycles. The van der Waals surface area contributed by atoms with Gasteiger partial charge in [0.25, 0.3) is 5.91 Å².